The fourth-order valence-electron chi connectivity index (χ4n) is 2.51. The fourth-order valence-corrected chi connectivity index (χ4v) is 2.51. The van der Waals surface area contributed by atoms with E-state index in [1.54, 1.807) is 4.90 Å². The van der Waals surface area contributed by atoms with Crippen LogP contribution in [0.1, 0.15) is 18.4 Å². The summed E-state index contributed by atoms with van der Waals surface area (Å²) in [5, 5.41) is 8.96. The van der Waals surface area contributed by atoms with Crippen LogP contribution in [-0.2, 0) is 5.92 Å². The molecule has 1 aromatic rings. The highest BCUT2D eigenvalue weighted by Crippen LogP contribution is 2.47. The minimum Gasteiger partial charge on any atom is -0.475 e. The maximum atomic E-state index is 13.7. The highest BCUT2D eigenvalue weighted by atomic mass is 19.4. The Labute approximate surface area is 129 Å². The van der Waals surface area contributed by atoms with E-state index in [2.05, 4.69) is 0 Å². The number of alkyl halides is 5. The normalized spacial score (nSPS) is 20.0. The first-order valence-corrected chi connectivity index (χ1v) is 7.03. The predicted octanol–water partition coefficient (Wildman–Crippen LogP) is 2.72. The highest BCUT2D eigenvalue weighted by molar-refractivity contribution is 5.50. The molecule has 0 radical (unpaired) electrons. The van der Waals surface area contributed by atoms with Crippen LogP contribution in [0.4, 0.5) is 27.6 Å². The number of ether oxygens (including phenoxy) is 1. The number of anilines is 1. The van der Waals surface area contributed by atoms with Crippen molar-refractivity contribution in [3.63, 3.8) is 0 Å². The van der Waals surface area contributed by atoms with E-state index in [0.717, 1.165) is 12.1 Å². The number of hydrogen-bond donors (Lipinski definition) is 2. The molecule has 0 amide bonds. The maximum Gasteiger partial charge on any atom is 0.458 e. The molecule has 9 heteroatoms. The number of rotatable bonds is 5. The molecule has 1 aliphatic rings. The zero-order chi connectivity index (χ0) is 17.3. The molecule has 2 rings (SSSR count). The lowest BCUT2D eigenvalue weighted by molar-refractivity contribution is -0.289. The third-order valence-electron chi connectivity index (χ3n) is 3.65. The molecular formula is C14H17F5N2O2. The Morgan fingerprint density at radius 2 is 1.96 bits per heavy atom. The van der Waals surface area contributed by atoms with Crippen molar-refractivity contribution in [1.29, 1.82) is 0 Å². The highest BCUT2D eigenvalue weighted by Gasteiger charge is 2.60. The molecule has 1 atom stereocenters. The molecule has 1 aromatic carbocycles. The van der Waals surface area contributed by atoms with Gasteiger partial charge in [0.1, 0.15) is 5.75 Å². The Morgan fingerprint density at radius 1 is 1.26 bits per heavy atom. The summed E-state index contributed by atoms with van der Waals surface area (Å²) in [6.45, 7) is 0.652. The number of hydrogen-bond acceptors (Lipinski definition) is 4. The maximum absolute atomic E-state index is 13.7. The van der Waals surface area contributed by atoms with Crippen LogP contribution in [0.5, 0.6) is 5.75 Å². The van der Waals surface area contributed by atoms with Crippen LogP contribution in [0.15, 0.2) is 18.2 Å². The first-order valence-electron chi connectivity index (χ1n) is 7.03. The van der Waals surface area contributed by atoms with Crippen LogP contribution in [0.2, 0.25) is 0 Å². The number of nitrogens with two attached hydrogens (primary N) is 1. The van der Waals surface area contributed by atoms with Gasteiger partial charge in [-0.15, -0.1) is 0 Å². The molecule has 0 unspecified atom stereocenters. The summed E-state index contributed by atoms with van der Waals surface area (Å²) in [6, 6.07) is 2.57. The summed E-state index contributed by atoms with van der Waals surface area (Å²) in [5.74, 6) is -5.64. The topological polar surface area (TPSA) is 58.7 Å². The average molecular weight is 340 g/mol. The summed E-state index contributed by atoms with van der Waals surface area (Å²) < 4.78 is 70.6. The number of halogens is 5. The van der Waals surface area contributed by atoms with Crippen LogP contribution in [0.3, 0.4) is 0 Å². The molecular weight excluding hydrogens is 323 g/mol. The molecule has 130 valence electrons. The Hall–Kier alpha value is -1.61. The summed E-state index contributed by atoms with van der Waals surface area (Å²) in [6.07, 6.45) is -5.25. The Morgan fingerprint density at radius 3 is 2.57 bits per heavy atom. The zero-order valence-corrected chi connectivity index (χ0v) is 12.1. The summed E-state index contributed by atoms with van der Waals surface area (Å²) in [7, 11) is 0. The molecule has 0 bridgehead atoms. The van der Waals surface area contributed by atoms with Crippen molar-refractivity contribution < 1.29 is 31.8 Å². The van der Waals surface area contributed by atoms with Crippen molar-refractivity contribution >= 4 is 5.69 Å². The molecule has 1 aliphatic heterocycles. The lowest BCUT2D eigenvalue weighted by atomic mass is 10.1. The minimum absolute atomic E-state index is 0.0217. The van der Waals surface area contributed by atoms with Gasteiger partial charge in [-0.05, 0) is 25.0 Å². The molecule has 1 heterocycles. The molecule has 1 fully saturated rings. The molecule has 0 spiro atoms. The van der Waals surface area contributed by atoms with Gasteiger partial charge in [0.2, 0.25) is 0 Å². The number of nitrogen functional groups attached to an aromatic ring is 1. The number of aliphatic hydroxyl groups is 1. The van der Waals surface area contributed by atoms with Crippen molar-refractivity contribution in [2.45, 2.75) is 31.2 Å². The molecule has 3 N–H and O–H groups in total. The van der Waals surface area contributed by atoms with Crippen LogP contribution >= 0.6 is 0 Å². The fraction of sp³-hybridized carbons (Fsp3) is 0.571. The van der Waals surface area contributed by atoms with E-state index in [4.69, 9.17) is 15.6 Å². The minimum atomic E-state index is -5.73. The van der Waals surface area contributed by atoms with Gasteiger partial charge in [-0.3, -0.25) is 4.90 Å². The summed E-state index contributed by atoms with van der Waals surface area (Å²) in [5.41, 5.74) is 4.24. The van der Waals surface area contributed by atoms with E-state index >= 15 is 0 Å². The number of likely N-dealkylation sites (tertiary alicyclic amines) is 1. The van der Waals surface area contributed by atoms with Gasteiger partial charge in [0.15, 0.2) is 6.23 Å². The largest absolute Gasteiger partial charge is 0.475 e. The van der Waals surface area contributed by atoms with E-state index in [-0.39, 0.29) is 18.8 Å². The molecule has 0 saturated carbocycles. The van der Waals surface area contributed by atoms with Crippen LogP contribution in [0.25, 0.3) is 0 Å². The van der Waals surface area contributed by atoms with Gasteiger partial charge < -0.3 is 15.6 Å². The third-order valence-corrected chi connectivity index (χ3v) is 3.65. The van der Waals surface area contributed by atoms with Gasteiger partial charge in [-0.1, -0.05) is 0 Å². The molecule has 4 nitrogen and oxygen atoms in total. The third kappa shape index (κ3) is 3.66. The van der Waals surface area contributed by atoms with E-state index in [0.29, 0.717) is 25.5 Å². The van der Waals surface area contributed by atoms with Gasteiger partial charge in [0, 0.05) is 24.8 Å². The predicted molar refractivity (Wildman–Crippen MR) is 73.1 cm³/mol. The lowest BCUT2D eigenvalue weighted by Gasteiger charge is -2.28. The number of benzene rings is 1. The van der Waals surface area contributed by atoms with Gasteiger partial charge >= 0.3 is 12.1 Å². The second-order valence-electron chi connectivity index (χ2n) is 5.30. The van der Waals surface area contributed by atoms with Gasteiger partial charge in [-0.25, -0.2) is 0 Å². The Balaban J connectivity index is 2.33. The second-order valence-corrected chi connectivity index (χ2v) is 5.30. The Bertz CT molecular complexity index is 550. The number of aliphatic hydroxyl groups excluding tert-OH is 1. The number of nitrogens with zero attached hydrogens (tertiary/aromatic N) is 1. The van der Waals surface area contributed by atoms with E-state index in [9.17, 15) is 22.0 Å². The van der Waals surface area contributed by atoms with Crippen molar-refractivity contribution in [3.05, 3.63) is 23.8 Å². The molecule has 0 aromatic heterocycles. The van der Waals surface area contributed by atoms with Crippen molar-refractivity contribution in [1.82, 2.24) is 4.90 Å². The van der Waals surface area contributed by atoms with Gasteiger partial charge in [-0.2, -0.15) is 22.0 Å². The van der Waals surface area contributed by atoms with Crippen LogP contribution in [0, 0.1) is 0 Å². The van der Waals surface area contributed by atoms with E-state index < -0.39 is 29.6 Å². The quantitative estimate of drug-likeness (QED) is 0.639. The summed E-state index contributed by atoms with van der Waals surface area (Å²) in [4.78, 5) is 1.68. The molecule has 23 heavy (non-hydrogen) atoms. The Kier molecular flexibility index (Phi) is 5.00. The summed E-state index contributed by atoms with van der Waals surface area (Å²) >= 11 is 0. The monoisotopic (exact) mass is 340 g/mol. The first-order chi connectivity index (χ1) is 10.7. The zero-order valence-electron chi connectivity index (χ0n) is 12.1. The van der Waals surface area contributed by atoms with Gasteiger partial charge in [0.25, 0.3) is 0 Å². The lowest BCUT2D eigenvalue weighted by Crippen LogP contribution is -2.38. The smallest absolute Gasteiger partial charge is 0.458 e. The molecule has 0 aliphatic carbocycles. The first kappa shape index (κ1) is 17.7. The van der Waals surface area contributed by atoms with Crippen LogP contribution in [-0.4, -0.2) is 42.1 Å². The SMILES string of the molecule is Nc1ccc(C(F)(F)C(F)(F)F)c(O[C@@H]2CCCN2CCO)c1. The van der Waals surface area contributed by atoms with Crippen molar-refractivity contribution in [2.24, 2.45) is 0 Å². The van der Waals surface area contributed by atoms with Crippen LogP contribution < -0.4 is 10.5 Å². The van der Waals surface area contributed by atoms with Crippen molar-refractivity contribution in [3.8, 4) is 5.75 Å². The van der Waals surface area contributed by atoms with Crippen molar-refractivity contribution in [2.75, 3.05) is 25.4 Å². The average Bonchev–Trinajstić information content (AvgIpc) is 2.85. The number of β-amino-alcohol motifs (C(OH)–C–C–N with tert-alkyl or cyclic N) is 1. The van der Waals surface area contributed by atoms with E-state index in [1.165, 1.54) is 0 Å². The van der Waals surface area contributed by atoms with E-state index in [1.807, 2.05) is 0 Å². The standard InChI is InChI=1S/C14H17F5N2O2/c15-13(16,14(17,18)19)10-4-3-9(20)8-11(10)23-12-2-1-5-21(12)6-7-22/h3-4,8,12,22H,1-2,5-7,20H2/t12-/m1/s1. The van der Waals surface area contributed by atoms with Gasteiger partial charge in [0.05, 0.1) is 12.2 Å². The molecule has 1 saturated heterocycles. The second kappa shape index (κ2) is 6.48.